The molecule has 0 saturated heterocycles. The average Bonchev–Trinajstić information content (AvgIpc) is 3.24. The molecule has 3 N–H and O–H groups in total. The number of nitrogens with zero attached hydrogens (tertiary/aromatic N) is 2. The van der Waals surface area contributed by atoms with Crippen molar-refractivity contribution >= 4 is 22.6 Å². The molecule has 0 radical (unpaired) electrons. The molecule has 2 aliphatic heterocycles. The number of carbonyl (C=O) groups is 1. The summed E-state index contributed by atoms with van der Waals surface area (Å²) in [6.45, 7) is 4.25. The predicted octanol–water partition coefficient (Wildman–Crippen LogP) is 3.71. The smallest absolute Gasteiger partial charge is 0.343 e. The molecule has 8 heteroatoms. The Bertz CT molecular complexity index is 1620. The second-order valence-corrected chi connectivity index (χ2v) is 9.45. The van der Waals surface area contributed by atoms with Gasteiger partial charge in [-0.15, -0.1) is 0 Å². The van der Waals surface area contributed by atoms with Crippen LogP contribution < -0.4 is 10.9 Å². The van der Waals surface area contributed by atoms with E-state index < -0.39 is 11.6 Å². The molecule has 1 unspecified atom stereocenters. The third-order valence-corrected chi connectivity index (χ3v) is 7.30. The van der Waals surface area contributed by atoms with Crippen molar-refractivity contribution in [3.63, 3.8) is 0 Å². The van der Waals surface area contributed by atoms with Gasteiger partial charge in [0.25, 0.3) is 5.56 Å². The van der Waals surface area contributed by atoms with Crippen molar-refractivity contribution in [2.75, 3.05) is 5.32 Å². The van der Waals surface area contributed by atoms with Gasteiger partial charge in [0.2, 0.25) is 0 Å². The van der Waals surface area contributed by atoms with E-state index in [0.29, 0.717) is 46.7 Å². The number of esters is 1. The monoisotopic (exact) mass is 483 g/mol. The Morgan fingerprint density at radius 1 is 1.14 bits per heavy atom. The van der Waals surface area contributed by atoms with Gasteiger partial charge in [0.05, 0.1) is 29.0 Å². The number of cyclic esters (lactones) is 1. The van der Waals surface area contributed by atoms with Crippen LogP contribution in [-0.4, -0.2) is 25.7 Å². The second kappa shape index (κ2) is 7.93. The van der Waals surface area contributed by atoms with Crippen LogP contribution in [0.1, 0.15) is 41.2 Å². The average molecular weight is 484 g/mol. The number of carbonyl (C=O) groups excluding carboxylic acids is 1. The van der Waals surface area contributed by atoms with Gasteiger partial charge in [-0.1, -0.05) is 24.6 Å². The molecule has 0 bridgehead atoms. The molecule has 2 aromatic carbocycles. The molecule has 8 nitrogen and oxygen atoms in total. The number of phenols is 1. The largest absolute Gasteiger partial charge is 0.508 e. The van der Waals surface area contributed by atoms with Gasteiger partial charge in [0.1, 0.15) is 12.4 Å². The van der Waals surface area contributed by atoms with E-state index in [1.807, 2.05) is 37.3 Å². The van der Waals surface area contributed by atoms with Gasteiger partial charge in [-0.05, 0) is 49.7 Å². The molecule has 0 aliphatic carbocycles. The number of ether oxygens (including phenoxy) is 1. The molecule has 6 rings (SSSR count). The number of anilines is 1. The van der Waals surface area contributed by atoms with E-state index in [1.54, 1.807) is 29.7 Å². The lowest BCUT2D eigenvalue weighted by atomic mass is 9.86. The molecule has 0 saturated carbocycles. The number of aliphatic hydroxyl groups is 1. The van der Waals surface area contributed by atoms with Crippen LogP contribution in [0.15, 0.2) is 53.3 Å². The van der Waals surface area contributed by atoms with Crippen LogP contribution in [0.3, 0.4) is 0 Å². The van der Waals surface area contributed by atoms with Crippen LogP contribution in [0.2, 0.25) is 0 Å². The van der Waals surface area contributed by atoms with Crippen molar-refractivity contribution in [2.24, 2.45) is 0 Å². The number of aromatic nitrogens is 2. The maximum Gasteiger partial charge on any atom is 0.343 e. The highest BCUT2D eigenvalue weighted by atomic mass is 16.6. The minimum absolute atomic E-state index is 0.0936. The van der Waals surface area contributed by atoms with Crippen LogP contribution in [0.25, 0.3) is 22.3 Å². The molecule has 0 amide bonds. The first-order chi connectivity index (χ1) is 17.3. The molecule has 0 fully saturated rings. The van der Waals surface area contributed by atoms with E-state index in [-0.39, 0.29) is 24.3 Å². The molecule has 4 aromatic rings. The highest BCUT2D eigenvalue weighted by molar-refractivity contribution is 5.89. The van der Waals surface area contributed by atoms with Gasteiger partial charge < -0.3 is 24.8 Å². The first-order valence-corrected chi connectivity index (χ1v) is 11.9. The van der Waals surface area contributed by atoms with Gasteiger partial charge in [0.15, 0.2) is 5.60 Å². The molecule has 182 valence electrons. The Hall–Kier alpha value is -4.17. The Kier molecular flexibility index (Phi) is 4.91. The maximum absolute atomic E-state index is 13.4. The summed E-state index contributed by atoms with van der Waals surface area (Å²) in [4.78, 5) is 30.6. The first kappa shape index (κ1) is 22.3. The lowest BCUT2D eigenvalue weighted by Crippen LogP contribution is -2.44. The van der Waals surface area contributed by atoms with Gasteiger partial charge in [0, 0.05) is 34.3 Å². The van der Waals surface area contributed by atoms with Gasteiger partial charge in [-0.2, -0.15) is 0 Å². The first-order valence-electron chi connectivity index (χ1n) is 11.9. The van der Waals surface area contributed by atoms with Gasteiger partial charge in [-0.25, -0.2) is 9.78 Å². The zero-order valence-electron chi connectivity index (χ0n) is 20.0. The van der Waals surface area contributed by atoms with Gasteiger partial charge >= 0.3 is 5.97 Å². The summed E-state index contributed by atoms with van der Waals surface area (Å²) in [7, 11) is 0. The maximum atomic E-state index is 13.4. The summed E-state index contributed by atoms with van der Waals surface area (Å²) in [5.74, 6) is -0.580. The number of pyridine rings is 2. The Balaban J connectivity index is 1.45. The van der Waals surface area contributed by atoms with Crippen LogP contribution in [0.5, 0.6) is 5.75 Å². The summed E-state index contributed by atoms with van der Waals surface area (Å²) in [5, 5.41) is 25.8. The number of nitrogens with one attached hydrogen (secondary N) is 1. The number of rotatable bonds is 4. The number of benzene rings is 2. The van der Waals surface area contributed by atoms with Crippen LogP contribution >= 0.6 is 0 Å². The third-order valence-electron chi connectivity index (χ3n) is 7.30. The SMILES string of the molecule is CCC1(O)C(=O)OCc2c1cc1n(c2=O)Cc2cc3c(CNc4ccc(C)cc4)c(O)ccc3nc2-1. The van der Waals surface area contributed by atoms with Crippen molar-refractivity contribution < 1.29 is 19.7 Å². The minimum atomic E-state index is -1.86. The fraction of sp³-hybridized carbons (Fsp3) is 0.250. The van der Waals surface area contributed by atoms with Crippen molar-refractivity contribution in [3.8, 4) is 17.1 Å². The summed E-state index contributed by atoms with van der Waals surface area (Å²) >= 11 is 0. The summed E-state index contributed by atoms with van der Waals surface area (Å²) in [6, 6.07) is 15.1. The number of aryl methyl sites for hydroxylation is 1. The zero-order valence-corrected chi connectivity index (χ0v) is 20.0. The normalized spacial score (nSPS) is 17.9. The number of aromatic hydroxyl groups is 1. The molecule has 0 spiro atoms. The standard InChI is InChI=1S/C28H25N3O5/c1-3-28(35)21-11-23-25-16(13-31(23)26(33)20(21)14-36-27(28)34)10-18-19(24(32)9-8-22(18)30-25)12-29-17-6-4-15(2)5-7-17/h4-11,29,32,35H,3,12-14H2,1-2H3. The molecule has 2 aromatic heterocycles. The highest BCUT2D eigenvalue weighted by Gasteiger charge is 2.45. The fourth-order valence-corrected chi connectivity index (χ4v) is 5.15. The summed E-state index contributed by atoms with van der Waals surface area (Å²) in [6.07, 6.45) is 0.0936. The van der Waals surface area contributed by atoms with Crippen molar-refractivity contribution in [1.82, 2.24) is 9.55 Å². The van der Waals surface area contributed by atoms with Crippen molar-refractivity contribution in [1.29, 1.82) is 0 Å². The lowest BCUT2D eigenvalue weighted by molar-refractivity contribution is -0.172. The van der Waals surface area contributed by atoms with E-state index in [9.17, 15) is 19.8 Å². The molecule has 4 heterocycles. The fourth-order valence-electron chi connectivity index (χ4n) is 5.15. The predicted molar refractivity (Wildman–Crippen MR) is 135 cm³/mol. The number of hydrogen-bond donors (Lipinski definition) is 3. The molecular formula is C28H25N3O5. The zero-order chi connectivity index (χ0) is 25.2. The Labute approximate surface area is 206 Å². The van der Waals surface area contributed by atoms with Crippen LogP contribution in [-0.2, 0) is 34.8 Å². The molecule has 1 atom stereocenters. The summed E-state index contributed by atoms with van der Waals surface area (Å²) < 4.78 is 6.74. The quantitative estimate of drug-likeness (QED) is 0.334. The minimum Gasteiger partial charge on any atom is -0.508 e. The molecular weight excluding hydrogens is 458 g/mol. The molecule has 2 aliphatic rings. The number of hydrogen-bond acceptors (Lipinski definition) is 7. The summed E-state index contributed by atoms with van der Waals surface area (Å²) in [5.41, 5.74) is 3.94. The van der Waals surface area contributed by atoms with E-state index in [0.717, 1.165) is 22.2 Å². The number of fused-ring (bicyclic) bond motifs is 5. The Morgan fingerprint density at radius 2 is 1.92 bits per heavy atom. The van der Waals surface area contributed by atoms with Crippen LogP contribution in [0.4, 0.5) is 5.69 Å². The van der Waals surface area contributed by atoms with Crippen LogP contribution in [0, 0.1) is 6.92 Å². The third kappa shape index (κ3) is 3.21. The van der Waals surface area contributed by atoms with E-state index in [4.69, 9.17) is 9.72 Å². The molecule has 36 heavy (non-hydrogen) atoms. The Morgan fingerprint density at radius 3 is 2.67 bits per heavy atom. The topological polar surface area (TPSA) is 114 Å². The lowest BCUT2D eigenvalue weighted by Gasteiger charge is -2.31. The van der Waals surface area contributed by atoms with Crippen molar-refractivity contribution in [2.45, 2.75) is 45.6 Å². The van der Waals surface area contributed by atoms with Gasteiger partial charge in [-0.3, -0.25) is 4.79 Å². The van der Waals surface area contributed by atoms with Crippen molar-refractivity contribution in [3.05, 3.63) is 86.7 Å². The van der Waals surface area contributed by atoms with E-state index in [1.165, 1.54) is 0 Å². The highest BCUT2D eigenvalue weighted by Crippen LogP contribution is 2.39. The van der Waals surface area contributed by atoms with E-state index in [2.05, 4.69) is 5.32 Å². The van der Waals surface area contributed by atoms with E-state index >= 15 is 0 Å². The second-order valence-electron chi connectivity index (χ2n) is 9.45. The number of phenolic OH excluding ortho intramolecular Hbond substituents is 1.